The second-order valence-electron chi connectivity index (χ2n) is 5.41. The Morgan fingerprint density at radius 1 is 1.27 bits per heavy atom. The molecule has 4 nitrogen and oxygen atoms in total. The highest BCUT2D eigenvalue weighted by molar-refractivity contribution is 5.79. The third kappa shape index (κ3) is 7.36. The van der Waals surface area contributed by atoms with E-state index in [4.69, 9.17) is 4.74 Å². The number of nitrogens with zero attached hydrogens (tertiary/aromatic N) is 1. The number of aliphatic imine (C=N–C) groups is 1. The van der Waals surface area contributed by atoms with Crippen molar-refractivity contribution in [2.45, 2.75) is 26.8 Å². The Morgan fingerprint density at radius 3 is 2.73 bits per heavy atom. The molecular formula is C16H25F2N3O. The van der Waals surface area contributed by atoms with E-state index in [1.165, 1.54) is 6.07 Å². The number of hydrogen-bond donors (Lipinski definition) is 2. The smallest absolute Gasteiger partial charge is 0.191 e. The van der Waals surface area contributed by atoms with Crippen LogP contribution in [-0.4, -0.2) is 32.8 Å². The van der Waals surface area contributed by atoms with Crippen LogP contribution >= 0.6 is 0 Å². The Kier molecular flexibility index (Phi) is 8.43. The molecule has 0 amide bonds. The molecule has 1 rings (SSSR count). The van der Waals surface area contributed by atoms with Gasteiger partial charge in [-0.25, -0.2) is 8.78 Å². The van der Waals surface area contributed by atoms with Gasteiger partial charge in [-0.05, 0) is 30.5 Å². The predicted octanol–water partition coefficient (Wildman–Crippen LogP) is 2.69. The fraction of sp³-hybridized carbons (Fsp3) is 0.562. The van der Waals surface area contributed by atoms with Gasteiger partial charge in [0.1, 0.15) is 11.6 Å². The first-order valence-corrected chi connectivity index (χ1v) is 7.49. The van der Waals surface area contributed by atoms with Crippen molar-refractivity contribution in [1.29, 1.82) is 0 Å². The van der Waals surface area contributed by atoms with Crippen LogP contribution in [0.5, 0.6) is 0 Å². The van der Waals surface area contributed by atoms with E-state index in [2.05, 4.69) is 29.5 Å². The lowest BCUT2D eigenvalue weighted by atomic mass is 10.2. The molecule has 0 saturated heterocycles. The third-order valence-corrected chi connectivity index (χ3v) is 2.89. The molecule has 2 N–H and O–H groups in total. The van der Waals surface area contributed by atoms with Crippen LogP contribution < -0.4 is 10.6 Å². The van der Waals surface area contributed by atoms with E-state index in [1.54, 1.807) is 7.05 Å². The van der Waals surface area contributed by atoms with Crippen LogP contribution in [0.3, 0.4) is 0 Å². The summed E-state index contributed by atoms with van der Waals surface area (Å²) in [6.45, 7) is 6.52. The minimum atomic E-state index is -0.455. The number of hydrogen-bond acceptors (Lipinski definition) is 2. The van der Waals surface area contributed by atoms with Crippen molar-refractivity contribution in [3.63, 3.8) is 0 Å². The summed E-state index contributed by atoms with van der Waals surface area (Å²) in [6, 6.07) is 3.40. The van der Waals surface area contributed by atoms with Gasteiger partial charge in [0.2, 0.25) is 0 Å². The van der Waals surface area contributed by atoms with Crippen LogP contribution in [0.15, 0.2) is 23.2 Å². The molecule has 1 aromatic carbocycles. The molecule has 0 bridgehead atoms. The highest BCUT2D eigenvalue weighted by Crippen LogP contribution is 2.08. The zero-order valence-electron chi connectivity index (χ0n) is 13.5. The number of rotatable bonds is 8. The van der Waals surface area contributed by atoms with Gasteiger partial charge in [-0.2, -0.15) is 0 Å². The van der Waals surface area contributed by atoms with Crippen molar-refractivity contribution < 1.29 is 13.5 Å². The Balaban J connectivity index is 2.27. The van der Waals surface area contributed by atoms with Gasteiger partial charge in [0.25, 0.3) is 0 Å². The lowest BCUT2D eigenvalue weighted by Crippen LogP contribution is -2.37. The number of nitrogens with one attached hydrogen (secondary N) is 2. The van der Waals surface area contributed by atoms with E-state index in [0.29, 0.717) is 25.0 Å². The molecule has 0 unspecified atom stereocenters. The zero-order valence-corrected chi connectivity index (χ0v) is 13.5. The zero-order chi connectivity index (χ0) is 16.4. The van der Waals surface area contributed by atoms with Gasteiger partial charge in [-0.15, -0.1) is 0 Å². The van der Waals surface area contributed by atoms with Crippen molar-refractivity contribution in [3.05, 3.63) is 35.4 Å². The molecule has 22 heavy (non-hydrogen) atoms. The maximum atomic E-state index is 13.5. The second kappa shape index (κ2) is 10.1. The van der Waals surface area contributed by atoms with Gasteiger partial charge in [0.15, 0.2) is 5.96 Å². The number of benzene rings is 1. The van der Waals surface area contributed by atoms with E-state index in [0.717, 1.165) is 25.2 Å². The molecule has 0 aromatic heterocycles. The predicted molar refractivity (Wildman–Crippen MR) is 84.8 cm³/mol. The third-order valence-electron chi connectivity index (χ3n) is 2.89. The molecule has 0 aliphatic heterocycles. The van der Waals surface area contributed by atoms with E-state index >= 15 is 0 Å². The standard InChI is InChI=1S/C16H25F2N3O/c1-12(2)11-22-8-4-7-20-16(19-3)21-10-13-9-14(17)5-6-15(13)18/h5-6,9,12H,4,7-8,10-11H2,1-3H3,(H2,19,20,21). The summed E-state index contributed by atoms with van der Waals surface area (Å²) in [6.07, 6.45) is 0.849. The van der Waals surface area contributed by atoms with E-state index < -0.39 is 11.6 Å². The normalized spacial score (nSPS) is 11.8. The molecule has 0 aliphatic carbocycles. The summed E-state index contributed by atoms with van der Waals surface area (Å²) >= 11 is 0. The van der Waals surface area contributed by atoms with E-state index in [1.807, 2.05) is 0 Å². The van der Waals surface area contributed by atoms with Crippen molar-refractivity contribution in [3.8, 4) is 0 Å². The highest BCUT2D eigenvalue weighted by atomic mass is 19.1. The van der Waals surface area contributed by atoms with Gasteiger partial charge in [0.05, 0.1) is 0 Å². The Bertz CT molecular complexity index is 478. The fourth-order valence-electron chi connectivity index (χ4n) is 1.78. The molecule has 0 spiro atoms. The minimum Gasteiger partial charge on any atom is -0.381 e. The van der Waals surface area contributed by atoms with Crippen molar-refractivity contribution >= 4 is 5.96 Å². The molecular weight excluding hydrogens is 288 g/mol. The van der Waals surface area contributed by atoms with Crippen LogP contribution in [0.2, 0.25) is 0 Å². The van der Waals surface area contributed by atoms with Gasteiger partial charge in [0, 0.05) is 38.9 Å². The molecule has 0 heterocycles. The summed E-state index contributed by atoms with van der Waals surface area (Å²) in [4.78, 5) is 4.04. The summed E-state index contributed by atoms with van der Waals surface area (Å²) < 4.78 is 32.1. The monoisotopic (exact) mass is 313 g/mol. The number of halogens is 2. The number of guanidine groups is 1. The van der Waals surface area contributed by atoms with Crippen LogP contribution in [0, 0.1) is 17.6 Å². The van der Waals surface area contributed by atoms with Crippen molar-refractivity contribution in [2.24, 2.45) is 10.9 Å². The van der Waals surface area contributed by atoms with E-state index in [-0.39, 0.29) is 12.1 Å². The van der Waals surface area contributed by atoms with Crippen LogP contribution in [-0.2, 0) is 11.3 Å². The molecule has 1 aromatic rings. The molecule has 0 aliphatic rings. The fourth-order valence-corrected chi connectivity index (χ4v) is 1.78. The minimum absolute atomic E-state index is 0.174. The number of ether oxygens (including phenoxy) is 1. The average molecular weight is 313 g/mol. The topological polar surface area (TPSA) is 45.7 Å². The molecule has 0 fully saturated rings. The average Bonchev–Trinajstić information content (AvgIpc) is 2.48. The Labute approximate surface area is 131 Å². The lowest BCUT2D eigenvalue weighted by molar-refractivity contribution is 0.108. The summed E-state index contributed by atoms with van der Waals surface area (Å²) in [5.74, 6) is 0.186. The Hall–Kier alpha value is -1.69. The summed E-state index contributed by atoms with van der Waals surface area (Å²) in [7, 11) is 1.63. The van der Waals surface area contributed by atoms with Gasteiger partial charge in [-0.1, -0.05) is 13.8 Å². The van der Waals surface area contributed by atoms with Gasteiger partial charge < -0.3 is 15.4 Å². The lowest BCUT2D eigenvalue weighted by Gasteiger charge is -2.13. The maximum absolute atomic E-state index is 13.5. The van der Waals surface area contributed by atoms with Crippen LogP contribution in [0.4, 0.5) is 8.78 Å². The van der Waals surface area contributed by atoms with Gasteiger partial charge in [-0.3, -0.25) is 4.99 Å². The molecule has 0 radical (unpaired) electrons. The molecule has 6 heteroatoms. The van der Waals surface area contributed by atoms with Gasteiger partial charge >= 0.3 is 0 Å². The molecule has 0 saturated carbocycles. The first-order valence-electron chi connectivity index (χ1n) is 7.49. The molecule has 0 atom stereocenters. The largest absolute Gasteiger partial charge is 0.381 e. The van der Waals surface area contributed by atoms with Crippen molar-refractivity contribution in [1.82, 2.24) is 10.6 Å². The molecule has 124 valence electrons. The maximum Gasteiger partial charge on any atom is 0.191 e. The van der Waals surface area contributed by atoms with Crippen molar-refractivity contribution in [2.75, 3.05) is 26.8 Å². The Morgan fingerprint density at radius 2 is 2.05 bits per heavy atom. The van der Waals surface area contributed by atoms with Crippen LogP contribution in [0.1, 0.15) is 25.8 Å². The quantitative estimate of drug-likeness (QED) is 0.441. The summed E-state index contributed by atoms with van der Waals surface area (Å²) in [5, 5.41) is 6.06. The van der Waals surface area contributed by atoms with E-state index in [9.17, 15) is 8.78 Å². The summed E-state index contributed by atoms with van der Waals surface area (Å²) in [5.41, 5.74) is 0.267. The SMILES string of the molecule is CN=C(NCCCOCC(C)C)NCc1cc(F)ccc1F. The second-order valence-corrected chi connectivity index (χ2v) is 5.41. The van der Waals surface area contributed by atoms with Crippen LogP contribution in [0.25, 0.3) is 0 Å². The first-order chi connectivity index (χ1) is 10.5. The first kappa shape index (κ1) is 18.4. The highest BCUT2D eigenvalue weighted by Gasteiger charge is 2.05.